The Morgan fingerprint density at radius 1 is 0.966 bits per heavy atom. The van der Waals surface area contributed by atoms with Crippen molar-refractivity contribution in [3.63, 3.8) is 0 Å². The Hall–Kier alpha value is -1.51. The zero-order valence-corrected chi connectivity index (χ0v) is 17.7. The Morgan fingerprint density at radius 3 is 2.10 bits per heavy atom. The summed E-state index contributed by atoms with van der Waals surface area (Å²) >= 11 is 0. The zero-order chi connectivity index (χ0) is 20.9. The monoisotopic (exact) mass is 421 g/mol. The number of Topliss-reactive ketones (excluding diaryl/α,β-unsaturated/α-hetero) is 1. The SMILES string of the molecule is C.C.CCC(COC)NC(=O)CCCCCNC.CCNC(=O)COCC(C)=O. The van der Waals surface area contributed by atoms with Gasteiger partial charge in [-0.15, -0.1) is 0 Å². The molecule has 0 aliphatic carbocycles. The molecule has 0 spiro atoms. The van der Waals surface area contributed by atoms with Crippen molar-refractivity contribution in [3.05, 3.63) is 0 Å². The summed E-state index contributed by atoms with van der Waals surface area (Å²) in [5, 5.41) is 8.62. The molecule has 176 valence electrons. The quantitative estimate of drug-likeness (QED) is 0.350. The summed E-state index contributed by atoms with van der Waals surface area (Å²) in [5.74, 6) is -0.114. The fourth-order valence-corrected chi connectivity index (χ4v) is 2.06. The first-order chi connectivity index (χ1) is 12.9. The normalized spacial score (nSPS) is 10.4. The number of ether oxygens (including phenoxy) is 2. The van der Waals surface area contributed by atoms with Crippen LogP contribution < -0.4 is 16.0 Å². The van der Waals surface area contributed by atoms with Crippen LogP contribution in [0.4, 0.5) is 0 Å². The average Bonchev–Trinajstić information content (AvgIpc) is 2.61. The molecule has 0 fully saturated rings. The number of hydrogen-bond acceptors (Lipinski definition) is 6. The molecular weight excluding hydrogens is 374 g/mol. The van der Waals surface area contributed by atoms with E-state index in [9.17, 15) is 14.4 Å². The second-order valence-electron chi connectivity index (χ2n) is 6.19. The fraction of sp³-hybridized carbons (Fsp3) is 0.857. The molecule has 0 aromatic rings. The van der Waals surface area contributed by atoms with Crippen molar-refractivity contribution in [1.29, 1.82) is 0 Å². The van der Waals surface area contributed by atoms with E-state index < -0.39 is 0 Å². The second-order valence-corrected chi connectivity index (χ2v) is 6.19. The molecule has 0 saturated heterocycles. The lowest BCUT2D eigenvalue weighted by Crippen LogP contribution is -2.37. The van der Waals surface area contributed by atoms with Gasteiger partial charge in [-0.25, -0.2) is 0 Å². The predicted molar refractivity (Wildman–Crippen MR) is 120 cm³/mol. The maximum atomic E-state index is 11.5. The van der Waals surface area contributed by atoms with Crippen LogP contribution in [0, 0.1) is 0 Å². The highest BCUT2D eigenvalue weighted by Gasteiger charge is 2.09. The molecule has 0 aliphatic heterocycles. The third-order valence-electron chi connectivity index (χ3n) is 3.47. The molecule has 1 unspecified atom stereocenters. The van der Waals surface area contributed by atoms with Gasteiger partial charge >= 0.3 is 0 Å². The number of methoxy groups -OCH3 is 1. The minimum absolute atomic E-state index is 0. The summed E-state index contributed by atoms with van der Waals surface area (Å²) in [6, 6.07) is 0.162. The van der Waals surface area contributed by atoms with Crippen molar-refractivity contribution in [2.75, 3.05) is 47.1 Å². The number of likely N-dealkylation sites (N-methyl/N-ethyl adjacent to an activating group) is 1. The van der Waals surface area contributed by atoms with E-state index in [2.05, 4.69) is 22.9 Å². The molecule has 3 N–H and O–H groups in total. The molecule has 2 amide bonds. The van der Waals surface area contributed by atoms with Crippen LogP contribution in [0.2, 0.25) is 0 Å². The minimum Gasteiger partial charge on any atom is -0.383 e. The standard InChI is InChI=1S/C12H26N2O2.C7H13NO3.2CH4/c1-4-11(10-16-3)14-12(15)8-6-5-7-9-13-2;1-3-8-7(10)5-11-4-6(2)9;;/h11,13H,4-10H2,1-3H3,(H,14,15);3-5H2,1-2H3,(H,8,10);2*1H4. The van der Waals surface area contributed by atoms with Gasteiger partial charge in [0.1, 0.15) is 13.2 Å². The molecule has 8 heteroatoms. The van der Waals surface area contributed by atoms with E-state index in [1.807, 2.05) is 14.0 Å². The molecule has 0 heterocycles. The maximum Gasteiger partial charge on any atom is 0.246 e. The maximum absolute atomic E-state index is 11.5. The Morgan fingerprint density at radius 2 is 1.62 bits per heavy atom. The first-order valence-corrected chi connectivity index (χ1v) is 9.67. The second kappa shape index (κ2) is 26.5. The van der Waals surface area contributed by atoms with Gasteiger partial charge in [-0.2, -0.15) is 0 Å². The molecule has 1 atom stereocenters. The van der Waals surface area contributed by atoms with Crippen molar-refractivity contribution in [3.8, 4) is 0 Å². The molecule has 0 radical (unpaired) electrons. The third kappa shape index (κ3) is 28.8. The van der Waals surface area contributed by atoms with Gasteiger partial charge in [0, 0.05) is 20.1 Å². The van der Waals surface area contributed by atoms with Crippen LogP contribution in [0.25, 0.3) is 0 Å². The molecular formula is C21H47N3O5. The Kier molecular flexibility index (Phi) is 31.9. The van der Waals surface area contributed by atoms with Gasteiger partial charge in [-0.05, 0) is 46.7 Å². The van der Waals surface area contributed by atoms with Gasteiger partial charge in [0.15, 0.2) is 5.78 Å². The predicted octanol–water partition coefficient (Wildman–Crippen LogP) is 2.31. The zero-order valence-electron chi connectivity index (χ0n) is 17.7. The highest BCUT2D eigenvalue weighted by atomic mass is 16.5. The third-order valence-corrected chi connectivity index (χ3v) is 3.47. The Labute approximate surface area is 178 Å². The van der Waals surface area contributed by atoms with Crippen molar-refractivity contribution >= 4 is 17.6 Å². The van der Waals surface area contributed by atoms with Crippen LogP contribution in [0.15, 0.2) is 0 Å². The van der Waals surface area contributed by atoms with E-state index in [-0.39, 0.29) is 51.7 Å². The van der Waals surface area contributed by atoms with E-state index in [0.29, 0.717) is 19.6 Å². The lowest BCUT2D eigenvalue weighted by molar-refractivity contribution is -0.129. The van der Waals surface area contributed by atoms with Crippen LogP contribution in [-0.4, -0.2) is 70.7 Å². The van der Waals surface area contributed by atoms with E-state index in [1.54, 1.807) is 7.11 Å². The number of amides is 2. The summed E-state index contributed by atoms with van der Waals surface area (Å²) in [7, 11) is 3.61. The van der Waals surface area contributed by atoms with Gasteiger partial charge in [0.05, 0.1) is 12.6 Å². The van der Waals surface area contributed by atoms with Gasteiger partial charge in [0.25, 0.3) is 0 Å². The van der Waals surface area contributed by atoms with Crippen LogP contribution in [0.5, 0.6) is 0 Å². The van der Waals surface area contributed by atoms with E-state index in [4.69, 9.17) is 9.47 Å². The van der Waals surface area contributed by atoms with Crippen molar-refractivity contribution in [1.82, 2.24) is 16.0 Å². The average molecular weight is 422 g/mol. The molecule has 0 rings (SSSR count). The van der Waals surface area contributed by atoms with E-state index >= 15 is 0 Å². The minimum atomic E-state index is -0.186. The summed E-state index contributed by atoms with van der Waals surface area (Å²) in [5.41, 5.74) is 0. The number of unbranched alkanes of at least 4 members (excludes halogenated alkanes) is 2. The first-order valence-electron chi connectivity index (χ1n) is 9.67. The highest BCUT2D eigenvalue weighted by Crippen LogP contribution is 2.00. The van der Waals surface area contributed by atoms with Gasteiger partial charge in [-0.1, -0.05) is 28.2 Å². The summed E-state index contributed by atoms with van der Waals surface area (Å²) < 4.78 is 9.78. The Bertz CT molecular complexity index is 393. The summed E-state index contributed by atoms with van der Waals surface area (Å²) in [6.45, 7) is 7.48. The van der Waals surface area contributed by atoms with Crippen molar-refractivity contribution in [2.24, 2.45) is 0 Å². The number of carbonyl (C=O) groups excluding carboxylic acids is 3. The lowest BCUT2D eigenvalue weighted by Gasteiger charge is -2.15. The fourth-order valence-electron chi connectivity index (χ4n) is 2.06. The molecule has 0 aromatic heterocycles. The molecule has 0 aliphatic rings. The lowest BCUT2D eigenvalue weighted by atomic mass is 10.1. The van der Waals surface area contributed by atoms with Crippen molar-refractivity contribution in [2.45, 2.75) is 73.8 Å². The molecule has 0 bridgehead atoms. The molecule has 0 aromatic carbocycles. The van der Waals surface area contributed by atoms with E-state index in [0.717, 1.165) is 32.2 Å². The summed E-state index contributed by atoms with van der Waals surface area (Å²) in [6.07, 6.45) is 4.76. The highest BCUT2D eigenvalue weighted by molar-refractivity contribution is 5.79. The van der Waals surface area contributed by atoms with Crippen molar-refractivity contribution < 1.29 is 23.9 Å². The van der Waals surface area contributed by atoms with Gasteiger partial charge < -0.3 is 25.4 Å². The van der Waals surface area contributed by atoms with E-state index in [1.165, 1.54) is 6.92 Å². The van der Waals surface area contributed by atoms with Crippen LogP contribution >= 0.6 is 0 Å². The smallest absolute Gasteiger partial charge is 0.246 e. The van der Waals surface area contributed by atoms with Gasteiger partial charge in [0.2, 0.25) is 11.8 Å². The van der Waals surface area contributed by atoms with Crippen LogP contribution in [0.3, 0.4) is 0 Å². The molecule has 29 heavy (non-hydrogen) atoms. The van der Waals surface area contributed by atoms with Gasteiger partial charge in [-0.3, -0.25) is 14.4 Å². The van der Waals surface area contributed by atoms with Crippen LogP contribution in [-0.2, 0) is 23.9 Å². The number of rotatable bonds is 15. The number of nitrogens with one attached hydrogen (secondary N) is 3. The first kappa shape index (κ1) is 35.0. The number of ketones is 1. The van der Waals surface area contributed by atoms with Crippen LogP contribution in [0.1, 0.15) is 67.7 Å². The number of carbonyl (C=O) groups is 3. The number of hydrogen-bond donors (Lipinski definition) is 3. The molecule has 0 saturated carbocycles. The largest absolute Gasteiger partial charge is 0.383 e. The summed E-state index contributed by atoms with van der Waals surface area (Å²) in [4.78, 5) is 32.5. The Balaban J connectivity index is -0.000000214. The topological polar surface area (TPSA) is 106 Å². The molecule has 8 nitrogen and oxygen atoms in total.